The summed E-state index contributed by atoms with van der Waals surface area (Å²) in [4.78, 5) is 11.1. The van der Waals surface area contributed by atoms with Crippen LogP contribution < -0.4 is 10.6 Å². The Bertz CT molecular complexity index is 294. The van der Waals surface area contributed by atoms with Gasteiger partial charge in [-0.25, -0.2) is 0 Å². The largest absolute Gasteiger partial charge is 0.409 e. The van der Waals surface area contributed by atoms with E-state index in [2.05, 4.69) is 5.32 Å². The average molecular weight is 292 g/mol. The molecule has 19 heavy (non-hydrogen) atoms. The molecule has 0 spiro atoms. The highest BCUT2D eigenvalue weighted by Gasteiger charge is 2.61. The quantitative estimate of drug-likeness (QED) is 0.779. The fourth-order valence-electron chi connectivity index (χ4n) is 1.93. The summed E-state index contributed by atoms with van der Waals surface area (Å²) in [5, 5.41) is 4.70. The number of rotatable bonds is 3. The van der Waals surface area contributed by atoms with E-state index in [-0.39, 0.29) is 12.5 Å². The van der Waals surface area contributed by atoms with Gasteiger partial charge in [-0.1, -0.05) is 0 Å². The molecule has 0 radical (unpaired) electrons. The molecule has 112 valence electrons. The lowest BCUT2D eigenvalue weighted by Gasteiger charge is -2.25. The normalized spacial score (nSPS) is 21.5. The molecule has 3 nitrogen and oxygen atoms in total. The van der Waals surface area contributed by atoms with Gasteiger partial charge in [-0.05, 0) is 31.8 Å². The van der Waals surface area contributed by atoms with Crippen LogP contribution in [0.25, 0.3) is 0 Å². The predicted octanol–water partition coefficient (Wildman–Crippen LogP) is 1.84. The number of halogens is 6. The van der Waals surface area contributed by atoms with Crippen molar-refractivity contribution in [3.63, 3.8) is 0 Å². The van der Waals surface area contributed by atoms with Crippen molar-refractivity contribution in [3.05, 3.63) is 0 Å². The number of carbonyl (C=O) groups is 1. The average Bonchev–Trinajstić information content (AvgIpc) is 2.24. The van der Waals surface area contributed by atoms with Crippen molar-refractivity contribution in [2.24, 2.45) is 11.8 Å². The first kappa shape index (κ1) is 16.1. The summed E-state index contributed by atoms with van der Waals surface area (Å²) in [6, 6.07) is 0. The smallest absolute Gasteiger partial charge is 0.355 e. The molecule has 1 heterocycles. The molecule has 1 amide bonds. The topological polar surface area (TPSA) is 41.1 Å². The van der Waals surface area contributed by atoms with Gasteiger partial charge in [0.2, 0.25) is 11.8 Å². The second kappa shape index (κ2) is 5.98. The summed E-state index contributed by atoms with van der Waals surface area (Å²) in [7, 11) is 0. The van der Waals surface area contributed by atoms with E-state index in [1.165, 1.54) is 0 Å². The maximum atomic E-state index is 12.2. The summed E-state index contributed by atoms with van der Waals surface area (Å²) >= 11 is 0. The van der Waals surface area contributed by atoms with Crippen LogP contribution in [0.15, 0.2) is 0 Å². The molecule has 0 aliphatic carbocycles. The number of nitrogens with one attached hydrogen (secondary N) is 2. The lowest BCUT2D eigenvalue weighted by atomic mass is 9.99. The maximum Gasteiger partial charge on any atom is 0.409 e. The number of hydrogen-bond acceptors (Lipinski definition) is 2. The molecule has 1 atom stereocenters. The first-order valence-corrected chi connectivity index (χ1v) is 5.74. The van der Waals surface area contributed by atoms with E-state index in [1.807, 2.05) is 0 Å². The van der Waals surface area contributed by atoms with Crippen LogP contribution in [0.1, 0.15) is 12.8 Å². The van der Waals surface area contributed by atoms with E-state index in [0.717, 1.165) is 13.0 Å². The van der Waals surface area contributed by atoms with Gasteiger partial charge in [0.25, 0.3) is 0 Å². The summed E-state index contributed by atoms with van der Waals surface area (Å²) in [6.07, 6.45) is -9.82. The monoisotopic (exact) mass is 292 g/mol. The molecule has 0 aromatic rings. The Labute approximate surface area is 105 Å². The van der Waals surface area contributed by atoms with Crippen LogP contribution in [0.3, 0.4) is 0 Å². The highest BCUT2D eigenvalue weighted by molar-refractivity contribution is 5.80. The Morgan fingerprint density at radius 1 is 1.21 bits per heavy atom. The van der Waals surface area contributed by atoms with Crippen molar-refractivity contribution >= 4 is 5.91 Å². The lowest BCUT2D eigenvalue weighted by molar-refractivity contribution is -0.274. The summed E-state index contributed by atoms with van der Waals surface area (Å²) in [6.45, 7) is 1.05. The summed E-state index contributed by atoms with van der Waals surface area (Å²) < 4.78 is 73.4. The third kappa shape index (κ3) is 4.88. The van der Waals surface area contributed by atoms with Gasteiger partial charge in [-0.2, -0.15) is 26.3 Å². The minimum absolute atomic E-state index is 0.139. The van der Waals surface area contributed by atoms with Crippen molar-refractivity contribution < 1.29 is 31.1 Å². The Morgan fingerprint density at radius 3 is 2.21 bits per heavy atom. The molecule has 1 unspecified atom stereocenters. The van der Waals surface area contributed by atoms with E-state index < -0.39 is 24.2 Å². The highest BCUT2D eigenvalue weighted by atomic mass is 19.4. The van der Waals surface area contributed by atoms with Gasteiger partial charge >= 0.3 is 12.4 Å². The summed E-state index contributed by atoms with van der Waals surface area (Å²) in [5.74, 6) is -6.14. The minimum atomic E-state index is -5.63. The first-order valence-electron chi connectivity index (χ1n) is 5.74. The molecule has 1 rings (SSSR count). The van der Waals surface area contributed by atoms with Crippen LogP contribution >= 0.6 is 0 Å². The molecule has 1 fully saturated rings. The van der Waals surface area contributed by atoms with E-state index in [1.54, 1.807) is 5.32 Å². The third-order valence-corrected chi connectivity index (χ3v) is 2.88. The van der Waals surface area contributed by atoms with Crippen molar-refractivity contribution in [2.75, 3.05) is 19.6 Å². The standard InChI is InChI=1S/C10H14F6N2O/c11-9(12,13)7(10(14,15)16)8(19)18-5-6-2-1-3-17-4-6/h6-7,17H,1-5H2,(H,18,19). The molecule has 1 aliphatic rings. The molecule has 0 saturated carbocycles. The fraction of sp³-hybridized carbons (Fsp3) is 0.900. The number of hydrogen-bond donors (Lipinski definition) is 2. The molecular formula is C10H14F6N2O. The van der Waals surface area contributed by atoms with Gasteiger partial charge in [0.1, 0.15) is 0 Å². The van der Waals surface area contributed by atoms with Crippen molar-refractivity contribution in [2.45, 2.75) is 25.2 Å². The van der Waals surface area contributed by atoms with Crippen LogP contribution in [-0.2, 0) is 4.79 Å². The maximum absolute atomic E-state index is 12.2. The molecule has 9 heteroatoms. The fourth-order valence-corrected chi connectivity index (χ4v) is 1.93. The van der Waals surface area contributed by atoms with Gasteiger partial charge in [0, 0.05) is 6.54 Å². The van der Waals surface area contributed by atoms with Crippen molar-refractivity contribution in [3.8, 4) is 0 Å². The highest BCUT2D eigenvalue weighted by Crippen LogP contribution is 2.39. The van der Waals surface area contributed by atoms with E-state index in [4.69, 9.17) is 0 Å². The number of amides is 1. The second-order valence-electron chi connectivity index (χ2n) is 4.47. The number of piperidine rings is 1. The van der Waals surface area contributed by atoms with Gasteiger partial charge in [0.05, 0.1) is 0 Å². The molecule has 0 aromatic heterocycles. The molecule has 0 aromatic carbocycles. The zero-order valence-electron chi connectivity index (χ0n) is 9.87. The van der Waals surface area contributed by atoms with Gasteiger partial charge in [-0.15, -0.1) is 0 Å². The zero-order chi connectivity index (χ0) is 14.7. The Kier molecular flexibility index (Phi) is 5.05. The van der Waals surface area contributed by atoms with Crippen molar-refractivity contribution in [1.29, 1.82) is 0 Å². The van der Waals surface area contributed by atoms with Crippen LogP contribution in [-0.4, -0.2) is 37.9 Å². The van der Waals surface area contributed by atoms with Gasteiger partial charge < -0.3 is 10.6 Å². The molecule has 1 aliphatic heterocycles. The van der Waals surface area contributed by atoms with Crippen molar-refractivity contribution in [1.82, 2.24) is 10.6 Å². The Hall–Kier alpha value is -0.990. The number of alkyl halides is 6. The first-order chi connectivity index (χ1) is 8.62. The SMILES string of the molecule is O=C(NCC1CCCNC1)C(C(F)(F)F)C(F)(F)F. The molecule has 0 bridgehead atoms. The van der Waals surface area contributed by atoms with Gasteiger partial charge in [-0.3, -0.25) is 4.79 Å². The van der Waals surface area contributed by atoms with E-state index in [0.29, 0.717) is 13.0 Å². The van der Waals surface area contributed by atoms with Gasteiger partial charge in [0.15, 0.2) is 0 Å². The third-order valence-electron chi connectivity index (χ3n) is 2.88. The Morgan fingerprint density at radius 2 is 1.79 bits per heavy atom. The lowest BCUT2D eigenvalue weighted by Crippen LogP contribution is -2.49. The van der Waals surface area contributed by atoms with Crippen LogP contribution in [0.2, 0.25) is 0 Å². The molecule has 2 N–H and O–H groups in total. The van der Waals surface area contributed by atoms with E-state index >= 15 is 0 Å². The van der Waals surface area contributed by atoms with E-state index in [9.17, 15) is 31.1 Å². The number of carbonyl (C=O) groups excluding carboxylic acids is 1. The van der Waals surface area contributed by atoms with Crippen LogP contribution in [0.4, 0.5) is 26.3 Å². The molecule has 1 saturated heterocycles. The molecular weight excluding hydrogens is 278 g/mol. The predicted molar refractivity (Wildman–Crippen MR) is 54.2 cm³/mol. The Balaban J connectivity index is 2.57. The summed E-state index contributed by atoms with van der Waals surface area (Å²) in [5.41, 5.74) is 0. The zero-order valence-corrected chi connectivity index (χ0v) is 9.87. The van der Waals surface area contributed by atoms with Crippen LogP contribution in [0.5, 0.6) is 0 Å². The van der Waals surface area contributed by atoms with Crippen LogP contribution in [0, 0.1) is 11.8 Å². The second-order valence-corrected chi connectivity index (χ2v) is 4.47. The minimum Gasteiger partial charge on any atom is -0.355 e.